The number of carbonyl (C=O) groups is 1. The Balaban J connectivity index is 2.19. The summed E-state index contributed by atoms with van der Waals surface area (Å²) in [4.78, 5) is 11.5. The van der Waals surface area contributed by atoms with Crippen LogP contribution in [0.15, 0.2) is 0 Å². The van der Waals surface area contributed by atoms with E-state index < -0.39 is 22.0 Å². The summed E-state index contributed by atoms with van der Waals surface area (Å²) in [5.74, 6) is -0.427. The van der Waals surface area contributed by atoms with Crippen LogP contribution in [0.2, 0.25) is 0 Å². The van der Waals surface area contributed by atoms with Gasteiger partial charge >= 0.3 is 5.97 Å². The smallest absolute Gasteiger partial charge is 0.324 e. The van der Waals surface area contributed by atoms with Gasteiger partial charge in [-0.15, -0.1) is 0 Å². The molecule has 0 spiro atoms. The third kappa shape index (κ3) is 2.08. The molecule has 1 saturated heterocycles. The summed E-state index contributed by atoms with van der Waals surface area (Å²) in [6, 6.07) is -0.593. The highest BCUT2D eigenvalue weighted by Gasteiger charge is 2.45. The molecule has 0 aromatic rings. The zero-order valence-corrected chi connectivity index (χ0v) is 10.2. The lowest BCUT2D eigenvalue weighted by atomic mass is 10.1. The lowest BCUT2D eigenvalue weighted by Crippen LogP contribution is -2.49. The molecule has 2 fully saturated rings. The second kappa shape index (κ2) is 4.33. The third-order valence-electron chi connectivity index (χ3n) is 3.20. The van der Waals surface area contributed by atoms with Gasteiger partial charge in [-0.05, 0) is 32.1 Å². The van der Waals surface area contributed by atoms with Gasteiger partial charge in [0.2, 0.25) is 10.0 Å². The summed E-state index contributed by atoms with van der Waals surface area (Å²) in [5, 5.41) is -0.252. The highest BCUT2D eigenvalue weighted by molar-refractivity contribution is 7.90. The zero-order valence-electron chi connectivity index (χ0n) is 9.39. The molecule has 2 rings (SSSR count). The van der Waals surface area contributed by atoms with Gasteiger partial charge in [-0.25, -0.2) is 8.42 Å². The lowest BCUT2D eigenvalue weighted by molar-refractivity contribution is -0.146. The highest BCUT2D eigenvalue weighted by Crippen LogP contribution is 2.34. The lowest BCUT2D eigenvalue weighted by Gasteiger charge is -2.32. The number of ether oxygens (including phenoxy) is 1. The molecule has 0 bridgehead atoms. The van der Waals surface area contributed by atoms with Crippen molar-refractivity contribution in [3.05, 3.63) is 0 Å². The van der Waals surface area contributed by atoms with Gasteiger partial charge < -0.3 is 4.74 Å². The van der Waals surface area contributed by atoms with Crippen molar-refractivity contribution in [3.63, 3.8) is 0 Å². The van der Waals surface area contributed by atoms with Gasteiger partial charge in [0.25, 0.3) is 0 Å². The van der Waals surface area contributed by atoms with E-state index in [1.807, 2.05) is 0 Å². The Hall–Kier alpha value is -0.620. The van der Waals surface area contributed by atoms with Crippen LogP contribution in [0.5, 0.6) is 0 Å². The number of esters is 1. The largest absolute Gasteiger partial charge is 0.468 e. The molecule has 0 aromatic carbocycles. The SMILES string of the molecule is COC(=O)C1CCCCN1S(=O)(=O)C1CC1. The van der Waals surface area contributed by atoms with Crippen LogP contribution in [0, 0.1) is 0 Å². The van der Waals surface area contributed by atoms with Crippen molar-refractivity contribution in [2.24, 2.45) is 0 Å². The molecule has 1 atom stereocenters. The van der Waals surface area contributed by atoms with Gasteiger partial charge in [0.15, 0.2) is 0 Å². The zero-order chi connectivity index (χ0) is 11.8. The van der Waals surface area contributed by atoms with E-state index in [9.17, 15) is 13.2 Å². The Labute approximate surface area is 95.8 Å². The summed E-state index contributed by atoms with van der Waals surface area (Å²) in [7, 11) is -1.96. The van der Waals surface area contributed by atoms with Gasteiger partial charge in [0.1, 0.15) is 6.04 Å². The average Bonchev–Trinajstić information content (AvgIpc) is 3.12. The van der Waals surface area contributed by atoms with E-state index in [0.717, 1.165) is 25.7 Å². The van der Waals surface area contributed by atoms with Crippen molar-refractivity contribution < 1.29 is 17.9 Å². The average molecular weight is 247 g/mol. The molecule has 0 amide bonds. The summed E-state index contributed by atoms with van der Waals surface area (Å²) >= 11 is 0. The fourth-order valence-corrected chi connectivity index (χ4v) is 4.18. The molecule has 0 radical (unpaired) electrons. The minimum Gasteiger partial charge on any atom is -0.468 e. The van der Waals surface area contributed by atoms with Gasteiger partial charge in [-0.1, -0.05) is 0 Å². The molecule has 92 valence electrons. The van der Waals surface area contributed by atoms with E-state index in [4.69, 9.17) is 0 Å². The Morgan fingerprint density at radius 3 is 2.50 bits per heavy atom. The van der Waals surface area contributed by atoms with Crippen LogP contribution >= 0.6 is 0 Å². The first-order valence-electron chi connectivity index (χ1n) is 5.66. The van der Waals surface area contributed by atoms with Crippen LogP contribution in [-0.2, 0) is 19.6 Å². The van der Waals surface area contributed by atoms with Crippen LogP contribution in [0.4, 0.5) is 0 Å². The maximum absolute atomic E-state index is 12.1. The van der Waals surface area contributed by atoms with Gasteiger partial charge in [-0.3, -0.25) is 4.79 Å². The molecule has 1 unspecified atom stereocenters. The van der Waals surface area contributed by atoms with E-state index in [1.165, 1.54) is 11.4 Å². The summed E-state index contributed by atoms with van der Waals surface area (Å²) < 4.78 is 30.2. The fraction of sp³-hybridized carbons (Fsp3) is 0.900. The van der Waals surface area contributed by atoms with Crippen molar-refractivity contribution >= 4 is 16.0 Å². The Morgan fingerprint density at radius 2 is 1.94 bits per heavy atom. The van der Waals surface area contributed by atoms with Crippen molar-refractivity contribution in [2.45, 2.75) is 43.4 Å². The summed E-state index contributed by atoms with van der Waals surface area (Å²) in [6.07, 6.45) is 3.76. The quantitative estimate of drug-likeness (QED) is 0.681. The monoisotopic (exact) mass is 247 g/mol. The maximum atomic E-state index is 12.1. The second-order valence-electron chi connectivity index (χ2n) is 4.39. The Kier molecular flexibility index (Phi) is 3.21. The van der Waals surface area contributed by atoms with Crippen LogP contribution < -0.4 is 0 Å². The minimum atomic E-state index is -3.26. The number of sulfonamides is 1. The molecule has 0 N–H and O–H groups in total. The molecule has 1 aliphatic heterocycles. The Morgan fingerprint density at radius 1 is 1.25 bits per heavy atom. The molecule has 1 aliphatic carbocycles. The molecule has 1 saturated carbocycles. The van der Waals surface area contributed by atoms with Gasteiger partial charge in [0, 0.05) is 6.54 Å². The first kappa shape index (κ1) is 11.9. The van der Waals surface area contributed by atoms with Crippen LogP contribution in [-0.4, -0.2) is 43.6 Å². The number of hydrogen-bond acceptors (Lipinski definition) is 4. The molecule has 16 heavy (non-hydrogen) atoms. The first-order valence-corrected chi connectivity index (χ1v) is 7.16. The van der Waals surface area contributed by atoms with Crippen molar-refractivity contribution in [1.82, 2.24) is 4.31 Å². The molecule has 1 heterocycles. The topological polar surface area (TPSA) is 63.7 Å². The number of methoxy groups -OCH3 is 1. The number of rotatable bonds is 3. The van der Waals surface area contributed by atoms with E-state index in [1.54, 1.807) is 0 Å². The summed E-state index contributed by atoms with van der Waals surface area (Å²) in [6.45, 7) is 0.457. The van der Waals surface area contributed by atoms with Crippen LogP contribution in [0.25, 0.3) is 0 Å². The standard InChI is InChI=1S/C10H17NO4S/c1-15-10(12)9-4-2-3-7-11(9)16(13,14)8-5-6-8/h8-9H,2-7H2,1H3. The highest BCUT2D eigenvalue weighted by atomic mass is 32.2. The van der Waals surface area contributed by atoms with E-state index >= 15 is 0 Å². The second-order valence-corrected chi connectivity index (χ2v) is 6.56. The molecular weight excluding hydrogens is 230 g/mol. The molecular formula is C10H17NO4S. The number of carbonyl (C=O) groups excluding carboxylic acids is 1. The third-order valence-corrected chi connectivity index (χ3v) is 5.60. The number of hydrogen-bond donors (Lipinski definition) is 0. The molecule has 5 nitrogen and oxygen atoms in total. The molecule has 0 aromatic heterocycles. The van der Waals surface area contributed by atoms with Gasteiger partial charge in [-0.2, -0.15) is 4.31 Å². The van der Waals surface area contributed by atoms with E-state index in [2.05, 4.69) is 4.74 Å². The van der Waals surface area contributed by atoms with E-state index in [0.29, 0.717) is 13.0 Å². The number of piperidine rings is 1. The maximum Gasteiger partial charge on any atom is 0.324 e. The minimum absolute atomic E-state index is 0.252. The Bertz CT molecular complexity index is 374. The van der Waals surface area contributed by atoms with Crippen molar-refractivity contribution in [3.8, 4) is 0 Å². The number of nitrogens with zero attached hydrogens (tertiary/aromatic N) is 1. The van der Waals surface area contributed by atoms with Crippen molar-refractivity contribution in [2.75, 3.05) is 13.7 Å². The fourth-order valence-electron chi connectivity index (χ4n) is 2.14. The van der Waals surface area contributed by atoms with Crippen LogP contribution in [0.1, 0.15) is 32.1 Å². The summed E-state index contributed by atoms with van der Waals surface area (Å²) in [5.41, 5.74) is 0. The van der Waals surface area contributed by atoms with E-state index in [-0.39, 0.29) is 5.25 Å². The normalized spacial score (nSPS) is 27.7. The predicted octanol–water partition coefficient (Wildman–Crippen LogP) is 0.506. The molecule has 6 heteroatoms. The van der Waals surface area contributed by atoms with Gasteiger partial charge in [0.05, 0.1) is 12.4 Å². The first-order chi connectivity index (χ1) is 7.57. The van der Waals surface area contributed by atoms with Crippen LogP contribution in [0.3, 0.4) is 0 Å². The predicted molar refractivity (Wildman–Crippen MR) is 58.3 cm³/mol. The van der Waals surface area contributed by atoms with Crippen molar-refractivity contribution in [1.29, 1.82) is 0 Å². The molecule has 2 aliphatic rings.